The van der Waals surface area contributed by atoms with E-state index in [4.69, 9.17) is 11.6 Å². The Balaban J connectivity index is 1.48. The minimum Gasteiger partial charge on any atom is -0.274 e. The first-order chi connectivity index (χ1) is 12.0. The summed E-state index contributed by atoms with van der Waals surface area (Å²) in [6, 6.07) is 6.95. The van der Waals surface area contributed by atoms with E-state index in [-0.39, 0.29) is 24.9 Å². The summed E-state index contributed by atoms with van der Waals surface area (Å²) in [5, 5.41) is 0.632. The smallest absolute Gasteiger partial charge is 0.274 e. The maximum absolute atomic E-state index is 12.9. The monoisotopic (exact) mass is 360 g/mol. The lowest BCUT2D eigenvalue weighted by molar-refractivity contribution is -0.144. The van der Waals surface area contributed by atoms with Crippen molar-refractivity contribution in [1.29, 1.82) is 0 Å². The molecule has 4 amide bonds. The molecule has 1 aromatic rings. The fraction of sp³-hybridized carbons (Fsp3) is 0.526. The van der Waals surface area contributed by atoms with Crippen molar-refractivity contribution in [3.63, 3.8) is 0 Å². The van der Waals surface area contributed by atoms with Crippen molar-refractivity contribution in [3.8, 4) is 0 Å². The number of benzene rings is 1. The van der Waals surface area contributed by atoms with Gasteiger partial charge in [-0.1, -0.05) is 30.2 Å². The lowest BCUT2D eigenvalue weighted by Crippen LogP contribution is -2.59. The summed E-state index contributed by atoms with van der Waals surface area (Å²) < 4.78 is 0. The second kappa shape index (κ2) is 6.45. The molecule has 1 aliphatic heterocycles. The Kier molecular flexibility index (Phi) is 4.28. The van der Waals surface area contributed by atoms with Gasteiger partial charge in [0, 0.05) is 17.6 Å². The molecule has 1 heterocycles. The molecule has 0 aromatic heterocycles. The zero-order valence-corrected chi connectivity index (χ0v) is 14.7. The summed E-state index contributed by atoms with van der Waals surface area (Å²) in [6.45, 7) is 0.280. The molecule has 0 N–H and O–H groups in total. The maximum atomic E-state index is 12.9. The topological polar surface area (TPSA) is 57.7 Å². The third-order valence-electron chi connectivity index (χ3n) is 5.85. The first-order valence-corrected chi connectivity index (χ1v) is 9.31. The van der Waals surface area contributed by atoms with Crippen LogP contribution in [0.5, 0.6) is 0 Å². The van der Waals surface area contributed by atoms with E-state index in [1.54, 1.807) is 6.07 Å². The molecular weight excluding hydrogens is 340 g/mol. The zero-order valence-electron chi connectivity index (χ0n) is 14.0. The average Bonchev–Trinajstić information content (AvgIpc) is 3.17. The summed E-state index contributed by atoms with van der Waals surface area (Å²) in [5.41, 5.74) is 0.969. The normalized spacial score (nSPS) is 29.0. The SMILES string of the molecule is O=C1CC(=O)N([C@H]2C[C@H]3CC[C@@H]2C3)C(=O)N1CCc1cccc(Cl)c1. The second-order valence-corrected chi connectivity index (χ2v) is 7.83. The minimum absolute atomic E-state index is 0.0134. The van der Waals surface area contributed by atoms with Gasteiger partial charge in [0.2, 0.25) is 11.8 Å². The number of hydrogen-bond donors (Lipinski definition) is 0. The fourth-order valence-corrected chi connectivity index (χ4v) is 4.87. The molecule has 3 atom stereocenters. The van der Waals surface area contributed by atoms with E-state index in [0.717, 1.165) is 24.8 Å². The molecule has 0 radical (unpaired) electrons. The summed E-state index contributed by atoms with van der Waals surface area (Å²) >= 11 is 5.99. The molecule has 1 saturated heterocycles. The van der Waals surface area contributed by atoms with Gasteiger partial charge in [-0.05, 0) is 55.2 Å². The zero-order chi connectivity index (χ0) is 17.6. The lowest BCUT2D eigenvalue weighted by Gasteiger charge is -2.39. The summed E-state index contributed by atoms with van der Waals surface area (Å²) in [5.74, 6) is 0.331. The second-order valence-electron chi connectivity index (χ2n) is 7.39. The molecule has 0 spiro atoms. The number of hydrogen-bond acceptors (Lipinski definition) is 3. The molecule has 2 bridgehead atoms. The molecule has 2 aliphatic carbocycles. The highest BCUT2D eigenvalue weighted by atomic mass is 35.5. The average molecular weight is 361 g/mol. The van der Waals surface area contributed by atoms with E-state index in [1.807, 2.05) is 18.2 Å². The molecule has 132 valence electrons. The Morgan fingerprint density at radius 3 is 2.60 bits per heavy atom. The van der Waals surface area contributed by atoms with Crippen molar-refractivity contribution in [2.75, 3.05) is 6.54 Å². The maximum Gasteiger partial charge on any atom is 0.333 e. The van der Waals surface area contributed by atoms with E-state index in [9.17, 15) is 14.4 Å². The molecule has 6 heteroatoms. The third-order valence-corrected chi connectivity index (χ3v) is 6.09. The van der Waals surface area contributed by atoms with Crippen LogP contribution in [0.25, 0.3) is 0 Å². The highest BCUT2D eigenvalue weighted by Gasteiger charge is 2.49. The van der Waals surface area contributed by atoms with Gasteiger partial charge in [0.05, 0.1) is 0 Å². The van der Waals surface area contributed by atoms with Gasteiger partial charge in [-0.2, -0.15) is 0 Å². The predicted molar refractivity (Wildman–Crippen MR) is 93.0 cm³/mol. The largest absolute Gasteiger partial charge is 0.333 e. The Morgan fingerprint density at radius 1 is 1.08 bits per heavy atom. The molecule has 0 unspecified atom stereocenters. The number of halogens is 1. The molecule has 5 nitrogen and oxygen atoms in total. The van der Waals surface area contributed by atoms with Crippen molar-refractivity contribution in [2.24, 2.45) is 11.8 Å². The van der Waals surface area contributed by atoms with E-state index in [1.165, 1.54) is 16.2 Å². The van der Waals surface area contributed by atoms with Gasteiger partial charge in [-0.25, -0.2) is 4.79 Å². The van der Waals surface area contributed by atoms with Crippen molar-refractivity contribution in [1.82, 2.24) is 9.80 Å². The first-order valence-electron chi connectivity index (χ1n) is 8.94. The van der Waals surface area contributed by atoms with E-state index < -0.39 is 11.9 Å². The Morgan fingerprint density at radius 2 is 1.92 bits per heavy atom. The molecule has 3 fully saturated rings. The van der Waals surface area contributed by atoms with Gasteiger partial charge >= 0.3 is 6.03 Å². The van der Waals surface area contributed by atoms with Crippen LogP contribution in [0.15, 0.2) is 24.3 Å². The van der Waals surface area contributed by atoms with Crippen molar-refractivity contribution in [2.45, 2.75) is 44.6 Å². The van der Waals surface area contributed by atoms with Crippen LogP contribution in [0.3, 0.4) is 0 Å². The van der Waals surface area contributed by atoms with Crippen LogP contribution in [0, 0.1) is 11.8 Å². The fourth-order valence-electron chi connectivity index (χ4n) is 4.66. The number of urea groups is 1. The molecule has 25 heavy (non-hydrogen) atoms. The van der Waals surface area contributed by atoms with Crippen LogP contribution >= 0.6 is 11.6 Å². The highest BCUT2D eigenvalue weighted by molar-refractivity contribution is 6.30. The standard InChI is InChI=1S/C19H21ClN2O3/c20-15-3-1-2-12(9-15)6-7-21-17(23)11-18(24)22(19(21)25)16-10-13-4-5-14(16)8-13/h1-3,9,13-14,16H,4-8,10-11H2/t13-,14+,16-/m0/s1. The Bertz CT molecular complexity index is 735. The van der Waals surface area contributed by atoms with E-state index in [2.05, 4.69) is 0 Å². The van der Waals surface area contributed by atoms with Crippen molar-refractivity contribution < 1.29 is 14.4 Å². The van der Waals surface area contributed by atoms with Gasteiger partial charge < -0.3 is 0 Å². The van der Waals surface area contributed by atoms with E-state index in [0.29, 0.717) is 23.3 Å². The Hall–Kier alpha value is -1.88. The first kappa shape index (κ1) is 16.6. The van der Waals surface area contributed by atoms with Crippen LogP contribution in [-0.4, -0.2) is 40.2 Å². The van der Waals surface area contributed by atoms with Gasteiger partial charge in [0.25, 0.3) is 0 Å². The van der Waals surface area contributed by atoms with Crippen LogP contribution in [-0.2, 0) is 16.0 Å². The number of imide groups is 2. The number of carbonyl (C=O) groups excluding carboxylic acids is 3. The van der Waals surface area contributed by atoms with Crippen LogP contribution in [0.4, 0.5) is 4.79 Å². The molecule has 4 rings (SSSR count). The third kappa shape index (κ3) is 3.06. The molecule has 3 aliphatic rings. The number of rotatable bonds is 4. The molecule has 1 aromatic carbocycles. The summed E-state index contributed by atoms with van der Waals surface area (Å²) in [6.07, 6.45) is 4.64. The van der Waals surface area contributed by atoms with Gasteiger partial charge in [-0.15, -0.1) is 0 Å². The Labute approximate surface area is 151 Å². The minimum atomic E-state index is -0.430. The number of carbonyl (C=O) groups is 3. The lowest BCUT2D eigenvalue weighted by atomic mass is 9.93. The van der Waals surface area contributed by atoms with Gasteiger partial charge in [0.1, 0.15) is 6.42 Å². The van der Waals surface area contributed by atoms with E-state index >= 15 is 0 Å². The number of amides is 4. The van der Waals surface area contributed by atoms with Gasteiger partial charge in [0.15, 0.2) is 0 Å². The summed E-state index contributed by atoms with van der Waals surface area (Å²) in [4.78, 5) is 40.2. The van der Waals surface area contributed by atoms with Crippen molar-refractivity contribution >= 4 is 29.4 Å². The molecule has 2 saturated carbocycles. The van der Waals surface area contributed by atoms with Crippen molar-refractivity contribution in [3.05, 3.63) is 34.9 Å². The number of barbiturate groups is 1. The predicted octanol–water partition coefficient (Wildman–Crippen LogP) is 3.25. The number of fused-ring (bicyclic) bond motifs is 2. The quantitative estimate of drug-likeness (QED) is 0.774. The van der Waals surface area contributed by atoms with Crippen LogP contribution in [0.1, 0.15) is 37.7 Å². The van der Waals surface area contributed by atoms with Gasteiger partial charge in [-0.3, -0.25) is 19.4 Å². The molecular formula is C19H21ClN2O3. The van der Waals surface area contributed by atoms with Crippen LogP contribution in [0.2, 0.25) is 5.02 Å². The highest BCUT2D eigenvalue weighted by Crippen LogP contribution is 2.47. The number of nitrogens with zero attached hydrogens (tertiary/aromatic N) is 2. The van der Waals surface area contributed by atoms with Crippen LogP contribution < -0.4 is 0 Å². The summed E-state index contributed by atoms with van der Waals surface area (Å²) in [7, 11) is 0.